The quantitative estimate of drug-likeness (QED) is 0.900. The number of halogens is 2. The molecule has 0 unspecified atom stereocenters. The highest BCUT2D eigenvalue weighted by atomic mass is 79.9. The Balaban J connectivity index is 2.25. The fraction of sp³-hybridized carbons (Fsp3) is 0. The van der Waals surface area contributed by atoms with Gasteiger partial charge in [0.1, 0.15) is 5.82 Å². The highest BCUT2D eigenvalue weighted by molar-refractivity contribution is 9.10. The maximum Gasteiger partial charge on any atom is 0.335 e. The molecule has 2 N–H and O–H groups in total. The van der Waals surface area contributed by atoms with Crippen molar-refractivity contribution in [2.75, 3.05) is 5.32 Å². The van der Waals surface area contributed by atoms with Crippen molar-refractivity contribution >= 4 is 33.5 Å². The van der Waals surface area contributed by atoms with E-state index in [1.807, 2.05) is 0 Å². The molecule has 0 spiro atoms. The molecule has 0 bridgehead atoms. The van der Waals surface area contributed by atoms with Gasteiger partial charge in [-0.2, -0.15) is 0 Å². The zero-order valence-corrected chi connectivity index (χ0v) is 11.6. The number of benzene rings is 2. The van der Waals surface area contributed by atoms with Crippen molar-refractivity contribution in [2.45, 2.75) is 0 Å². The van der Waals surface area contributed by atoms with Crippen LogP contribution in [0, 0.1) is 5.82 Å². The van der Waals surface area contributed by atoms with Gasteiger partial charge in [0.05, 0.1) is 11.3 Å². The van der Waals surface area contributed by atoms with E-state index in [2.05, 4.69) is 21.2 Å². The summed E-state index contributed by atoms with van der Waals surface area (Å²) in [6, 6.07) is 9.34. The minimum Gasteiger partial charge on any atom is -0.478 e. The topological polar surface area (TPSA) is 66.4 Å². The summed E-state index contributed by atoms with van der Waals surface area (Å²) in [5.74, 6) is -1.97. The van der Waals surface area contributed by atoms with Crippen molar-refractivity contribution in [2.24, 2.45) is 0 Å². The zero-order valence-electron chi connectivity index (χ0n) is 10.1. The van der Waals surface area contributed by atoms with Gasteiger partial charge in [0.25, 0.3) is 5.91 Å². The van der Waals surface area contributed by atoms with Crippen LogP contribution in [0.5, 0.6) is 0 Å². The summed E-state index contributed by atoms with van der Waals surface area (Å²) in [7, 11) is 0. The number of aromatic carboxylic acids is 1. The van der Waals surface area contributed by atoms with E-state index in [4.69, 9.17) is 5.11 Å². The zero-order chi connectivity index (χ0) is 14.7. The minimum absolute atomic E-state index is 0.0580. The first kappa shape index (κ1) is 14.2. The molecule has 0 aliphatic rings. The Bertz CT molecular complexity index is 671. The molecule has 0 atom stereocenters. The summed E-state index contributed by atoms with van der Waals surface area (Å²) < 4.78 is 13.3. The number of carboxylic acids is 1. The van der Waals surface area contributed by atoms with Crippen LogP contribution in [-0.4, -0.2) is 17.0 Å². The van der Waals surface area contributed by atoms with Crippen molar-refractivity contribution in [3.05, 3.63) is 63.9 Å². The number of carbonyl (C=O) groups is 2. The molecular weight excluding hydrogens is 329 g/mol. The van der Waals surface area contributed by atoms with Crippen LogP contribution in [-0.2, 0) is 0 Å². The summed E-state index contributed by atoms with van der Waals surface area (Å²) in [6.07, 6.45) is 0. The molecule has 0 aliphatic carbocycles. The van der Waals surface area contributed by atoms with Crippen LogP contribution in [0.1, 0.15) is 20.7 Å². The third kappa shape index (κ3) is 3.21. The van der Waals surface area contributed by atoms with E-state index in [1.165, 1.54) is 42.5 Å². The Hall–Kier alpha value is -2.21. The normalized spacial score (nSPS) is 10.1. The van der Waals surface area contributed by atoms with Gasteiger partial charge in [0.15, 0.2) is 0 Å². The second-order valence-corrected chi connectivity index (χ2v) is 4.82. The summed E-state index contributed by atoms with van der Waals surface area (Å²) >= 11 is 3.22. The van der Waals surface area contributed by atoms with E-state index in [0.29, 0.717) is 10.2 Å². The van der Waals surface area contributed by atoms with Crippen LogP contribution in [0.15, 0.2) is 46.9 Å². The number of carboxylic acid groups (broad SMARTS) is 1. The summed E-state index contributed by atoms with van der Waals surface area (Å²) in [5, 5.41) is 11.5. The third-order valence-corrected chi connectivity index (χ3v) is 3.26. The van der Waals surface area contributed by atoms with E-state index < -0.39 is 17.7 Å². The third-order valence-electron chi connectivity index (χ3n) is 2.57. The largest absolute Gasteiger partial charge is 0.478 e. The van der Waals surface area contributed by atoms with Crippen LogP contribution in [0.3, 0.4) is 0 Å². The average molecular weight is 338 g/mol. The number of nitrogens with one attached hydrogen (secondary N) is 1. The van der Waals surface area contributed by atoms with Gasteiger partial charge in [-0.3, -0.25) is 4.79 Å². The fourth-order valence-electron chi connectivity index (χ4n) is 1.55. The molecule has 2 aromatic rings. The second kappa shape index (κ2) is 5.83. The molecule has 0 saturated carbocycles. The van der Waals surface area contributed by atoms with Crippen LogP contribution in [0.4, 0.5) is 10.1 Å². The first-order chi connectivity index (χ1) is 9.47. The minimum atomic E-state index is -1.09. The molecule has 2 aromatic carbocycles. The van der Waals surface area contributed by atoms with Gasteiger partial charge in [-0.25, -0.2) is 9.18 Å². The SMILES string of the molecule is O=C(O)c1ccc(Br)c(NC(=O)c2ccc(F)cc2)c1. The van der Waals surface area contributed by atoms with Gasteiger partial charge in [-0.1, -0.05) is 0 Å². The van der Waals surface area contributed by atoms with Crippen LogP contribution >= 0.6 is 15.9 Å². The van der Waals surface area contributed by atoms with E-state index in [1.54, 1.807) is 0 Å². The fourth-order valence-corrected chi connectivity index (χ4v) is 1.90. The Morgan fingerprint density at radius 1 is 1.05 bits per heavy atom. The molecule has 4 nitrogen and oxygen atoms in total. The number of rotatable bonds is 3. The molecule has 102 valence electrons. The second-order valence-electron chi connectivity index (χ2n) is 3.96. The van der Waals surface area contributed by atoms with Gasteiger partial charge in [0.2, 0.25) is 0 Å². The van der Waals surface area contributed by atoms with Crippen molar-refractivity contribution in [3.8, 4) is 0 Å². The predicted octanol–water partition coefficient (Wildman–Crippen LogP) is 3.54. The predicted molar refractivity (Wildman–Crippen MR) is 75.5 cm³/mol. The van der Waals surface area contributed by atoms with Crippen molar-refractivity contribution in [1.82, 2.24) is 0 Å². The monoisotopic (exact) mass is 337 g/mol. The lowest BCUT2D eigenvalue weighted by molar-refractivity contribution is 0.0696. The smallest absolute Gasteiger partial charge is 0.335 e. The van der Waals surface area contributed by atoms with Crippen LogP contribution in [0.2, 0.25) is 0 Å². The van der Waals surface area contributed by atoms with Crippen molar-refractivity contribution in [1.29, 1.82) is 0 Å². The Morgan fingerprint density at radius 2 is 1.65 bits per heavy atom. The van der Waals surface area contributed by atoms with E-state index in [0.717, 1.165) is 0 Å². The van der Waals surface area contributed by atoms with E-state index in [-0.39, 0.29) is 11.1 Å². The number of hydrogen-bond donors (Lipinski definition) is 2. The lowest BCUT2D eigenvalue weighted by Crippen LogP contribution is -2.13. The first-order valence-electron chi connectivity index (χ1n) is 5.57. The molecule has 0 aromatic heterocycles. The van der Waals surface area contributed by atoms with Gasteiger partial charge in [-0.15, -0.1) is 0 Å². The molecule has 0 radical (unpaired) electrons. The average Bonchev–Trinajstić information content (AvgIpc) is 2.41. The van der Waals surface area contributed by atoms with Gasteiger partial charge in [0, 0.05) is 10.0 Å². The lowest BCUT2D eigenvalue weighted by Gasteiger charge is -2.08. The number of carbonyl (C=O) groups excluding carboxylic acids is 1. The summed E-state index contributed by atoms with van der Waals surface area (Å²) in [5.41, 5.74) is 0.667. The molecule has 0 heterocycles. The maximum atomic E-state index is 12.8. The maximum absolute atomic E-state index is 12.8. The molecular formula is C14H9BrFNO3. The highest BCUT2D eigenvalue weighted by Gasteiger charge is 2.11. The standard InChI is InChI=1S/C14H9BrFNO3/c15-11-6-3-9(14(19)20)7-12(11)17-13(18)8-1-4-10(16)5-2-8/h1-7H,(H,17,18)(H,19,20). The molecule has 0 saturated heterocycles. The van der Waals surface area contributed by atoms with Gasteiger partial charge >= 0.3 is 5.97 Å². The van der Waals surface area contributed by atoms with Crippen molar-refractivity contribution < 1.29 is 19.1 Å². The molecule has 0 aliphatic heterocycles. The first-order valence-corrected chi connectivity index (χ1v) is 6.36. The molecule has 2 rings (SSSR count). The van der Waals surface area contributed by atoms with Crippen LogP contribution in [0.25, 0.3) is 0 Å². The van der Waals surface area contributed by atoms with Crippen LogP contribution < -0.4 is 5.32 Å². The molecule has 1 amide bonds. The summed E-state index contributed by atoms with van der Waals surface area (Å²) in [4.78, 5) is 22.8. The molecule has 6 heteroatoms. The lowest BCUT2D eigenvalue weighted by atomic mass is 10.1. The van der Waals surface area contributed by atoms with E-state index in [9.17, 15) is 14.0 Å². The Labute approximate surface area is 122 Å². The van der Waals surface area contributed by atoms with E-state index >= 15 is 0 Å². The number of amides is 1. The molecule has 0 fully saturated rings. The Morgan fingerprint density at radius 3 is 2.25 bits per heavy atom. The number of hydrogen-bond acceptors (Lipinski definition) is 2. The summed E-state index contributed by atoms with van der Waals surface area (Å²) in [6.45, 7) is 0. The highest BCUT2D eigenvalue weighted by Crippen LogP contribution is 2.24. The number of anilines is 1. The molecule has 20 heavy (non-hydrogen) atoms. The van der Waals surface area contributed by atoms with Gasteiger partial charge < -0.3 is 10.4 Å². The Kier molecular flexibility index (Phi) is 4.14. The van der Waals surface area contributed by atoms with Crippen molar-refractivity contribution in [3.63, 3.8) is 0 Å². The van der Waals surface area contributed by atoms with Gasteiger partial charge in [-0.05, 0) is 58.4 Å².